The van der Waals surface area contributed by atoms with Gasteiger partial charge in [0.05, 0.1) is 6.20 Å². The molecule has 1 atom stereocenters. The Bertz CT molecular complexity index is 477. The number of hydrogen-bond acceptors (Lipinski definition) is 4. The van der Waals surface area contributed by atoms with Gasteiger partial charge in [-0.2, -0.15) is 0 Å². The van der Waals surface area contributed by atoms with E-state index in [4.69, 9.17) is 0 Å². The molecule has 1 fully saturated rings. The summed E-state index contributed by atoms with van der Waals surface area (Å²) in [7, 11) is 0. The summed E-state index contributed by atoms with van der Waals surface area (Å²) in [5, 5.41) is 2.82. The molecule has 0 spiro atoms. The molecule has 1 aliphatic rings. The number of nitrogens with one attached hydrogen (secondary N) is 1. The molecule has 1 aliphatic heterocycles. The molecule has 2 rings (SSSR count). The zero-order chi connectivity index (χ0) is 13.9. The average Bonchev–Trinajstić information content (AvgIpc) is 2.43. The van der Waals surface area contributed by atoms with E-state index in [0.29, 0.717) is 19.5 Å². The fourth-order valence-corrected chi connectivity index (χ4v) is 2.45. The highest BCUT2D eigenvalue weighted by molar-refractivity contribution is 5.98. The first-order chi connectivity index (χ1) is 9.09. The van der Waals surface area contributed by atoms with Gasteiger partial charge in [-0.25, -0.2) is 4.98 Å². The van der Waals surface area contributed by atoms with Crippen molar-refractivity contribution in [1.29, 1.82) is 0 Å². The normalized spacial score (nSPS) is 23.1. The predicted molar refractivity (Wildman–Crippen MR) is 69.4 cm³/mol. The quantitative estimate of drug-likeness (QED) is 0.866. The van der Waals surface area contributed by atoms with Crippen molar-refractivity contribution < 1.29 is 9.59 Å². The van der Waals surface area contributed by atoms with E-state index in [9.17, 15) is 9.59 Å². The van der Waals surface area contributed by atoms with Crippen LogP contribution in [0, 0.1) is 0 Å². The van der Waals surface area contributed by atoms with Gasteiger partial charge < -0.3 is 10.2 Å². The number of piperazine rings is 1. The average molecular weight is 262 g/mol. The zero-order valence-electron chi connectivity index (χ0n) is 11.2. The van der Waals surface area contributed by atoms with Gasteiger partial charge in [0.25, 0.3) is 5.91 Å². The van der Waals surface area contributed by atoms with Crippen molar-refractivity contribution in [2.24, 2.45) is 0 Å². The monoisotopic (exact) mass is 262 g/mol. The Balaban J connectivity index is 2.30. The Kier molecular flexibility index (Phi) is 3.78. The van der Waals surface area contributed by atoms with Crippen LogP contribution < -0.4 is 5.32 Å². The Morgan fingerprint density at radius 3 is 2.95 bits per heavy atom. The summed E-state index contributed by atoms with van der Waals surface area (Å²) < 4.78 is 0. The lowest BCUT2D eigenvalue weighted by Gasteiger charge is -2.43. The van der Waals surface area contributed by atoms with E-state index in [2.05, 4.69) is 15.3 Å². The van der Waals surface area contributed by atoms with Crippen LogP contribution in [0.15, 0.2) is 18.6 Å². The molecule has 0 unspecified atom stereocenters. The zero-order valence-corrected chi connectivity index (χ0v) is 11.2. The third kappa shape index (κ3) is 2.43. The summed E-state index contributed by atoms with van der Waals surface area (Å²) in [6.45, 7) is 4.78. The molecule has 0 aromatic carbocycles. The number of amides is 2. The molecule has 0 aliphatic carbocycles. The standard InChI is InChI=1S/C13H18N4O2/c1-3-4-13(2)12(19)16-7-8-17(13)11(18)10-9-14-5-6-15-10/h5-6,9H,3-4,7-8H2,1-2H3,(H,16,19)/t13-/m1/s1. The van der Waals surface area contributed by atoms with Gasteiger partial charge in [0.15, 0.2) is 0 Å². The summed E-state index contributed by atoms with van der Waals surface area (Å²) >= 11 is 0. The molecule has 0 saturated carbocycles. The Labute approximate surface area is 112 Å². The van der Waals surface area contributed by atoms with Crippen LogP contribution in [0.25, 0.3) is 0 Å². The molecule has 6 nitrogen and oxygen atoms in total. The van der Waals surface area contributed by atoms with E-state index < -0.39 is 5.54 Å². The fraction of sp³-hybridized carbons (Fsp3) is 0.538. The third-order valence-electron chi connectivity index (χ3n) is 3.47. The third-order valence-corrected chi connectivity index (χ3v) is 3.47. The number of nitrogens with zero attached hydrogens (tertiary/aromatic N) is 3. The van der Waals surface area contributed by atoms with Crippen molar-refractivity contribution in [3.8, 4) is 0 Å². The lowest BCUT2D eigenvalue weighted by molar-refractivity contribution is -0.134. The Morgan fingerprint density at radius 2 is 2.32 bits per heavy atom. The fourth-order valence-electron chi connectivity index (χ4n) is 2.45. The number of hydrogen-bond donors (Lipinski definition) is 1. The SMILES string of the molecule is CCC[C@]1(C)C(=O)NCCN1C(=O)c1cnccn1. The molecule has 102 valence electrons. The Morgan fingerprint density at radius 1 is 1.53 bits per heavy atom. The largest absolute Gasteiger partial charge is 0.352 e. The molecule has 6 heteroatoms. The second-order valence-corrected chi connectivity index (χ2v) is 4.83. The molecule has 0 bridgehead atoms. The maximum Gasteiger partial charge on any atom is 0.275 e. The van der Waals surface area contributed by atoms with Crippen molar-refractivity contribution in [2.75, 3.05) is 13.1 Å². The summed E-state index contributed by atoms with van der Waals surface area (Å²) in [5.41, 5.74) is -0.527. The van der Waals surface area contributed by atoms with E-state index in [0.717, 1.165) is 6.42 Å². The highest BCUT2D eigenvalue weighted by Crippen LogP contribution is 2.25. The highest BCUT2D eigenvalue weighted by atomic mass is 16.2. The minimum atomic E-state index is -0.804. The molecule has 1 aromatic heterocycles. The smallest absolute Gasteiger partial charge is 0.275 e. The summed E-state index contributed by atoms with van der Waals surface area (Å²) in [6.07, 6.45) is 5.89. The molecular formula is C13H18N4O2. The first-order valence-electron chi connectivity index (χ1n) is 6.46. The van der Waals surface area contributed by atoms with Crippen LogP contribution in [0.3, 0.4) is 0 Å². The highest BCUT2D eigenvalue weighted by Gasteiger charge is 2.44. The molecule has 2 amide bonds. The van der Waals surface area contributed by atoms with Gasteiger partial charge >= 0.3 is 0 Å². The van der Waals surface area contributed by atoms with Gasteiger partial charge in [0.1, 0.15) is 11.2 Å². The molecule has 19 heavy (non-hydrogen) atoms. The maximum absolute atomic E-state index is 12.5. The van der Waals surface area contributed by atoms with E-state index in [1.54, 1.807) is 11.8 Å². The lowest BCUT2D eigenvalue weighted by Crippen LogP contribution is -2.64. The van der Waals surface area contributed by atoms with Gasteiger partial charge in [-0.05, 0) is 13.3 Å². The van der Waals surface area contributed by atoms with Gasteiger partial charge in [-0.15, -0.1) is 0 Å². The second kappa shape index (κ2) is 5.34. The van der Waals surface area contributed by atoms with Gasteiger partial charge in [0, 0.05) is 25.5 Å². The molecule has 2 heterocycles. The first-order valence-corrected chi connectivity index (χ1v) is 6.46. The van der Waals surface area contributed by atoms with Crippen LogP contribution in [0.4, 0.5) is 0 Å². The van der Waals surface area contributed by atoms with Crippen LogP contribution in [0.1, 0.15) is 37.2 Å². The Hall–Kier alpha value is -1.98. The number of aromatic nitrogens is 2. The van der Waals surface area contributed by atoms with Crippen molar-refractivity contribution in [1.82, 2.24) is 20.2 Å². The van der Waals surface area contributed by atoms with Gasteiger partial charge in [-0.1, -0.05) is 13.3 Å². The van der Waals surface area contributed by atoms with Crippen LogP contribution >= 0.6 is 0 Å². The number of carbonyl (C=O) groups excluding carboxylic acids is 2. The van der Waals surface area contributed by atoms with E-state index in [1.807, 2.05) is 6.92 Å². The van der Waals surface area contributed by atoms with Crippen molar-refractivity contribution in [2.45, 2.75) is 32.2 Å². The van der Waals surface area contributed by atoms with E-state index in [1.165, 1.54) is 18.6 Å². The topological polar surface area (TPSA) is 75.2 Å². The maximum atomic E-state index is 12.5. The number of carbonyl (C=O) groups is 2. The lowest BCUT2D eigenvalue weighted by atomic mass is 9.90. The van der Waals surface area contributed by atoms with Crippen LogP contribution in [-0.4, -0.2) is 45.3 Å². The van der Waals surface area contributed by atoms with Crippen molar-refractivity contribution in [3.63, 3.8) is 0 Å². The summed E-state index contributed by atoms with van der Waals surface area (Å²) in [6, 6.07) is 0. The molecule has 1 aromatic rings. The molecule has 1 saturated heterocycles. The minimum Gasteiger partial charge on any atom is -0.352 e. The van der Waals surface area contributed by atoms with Crippen molar-refractivity contribution >= 4 is 11.8 Å². The summed E-state index contributed by atoms with van der Waals surface area (Å²) in [4.78, 5) is 34.1. The van der Waals surface area contributed by atoms with Crippen LogP contribution in [0.2, 0.25) is 0 Å². The number of rotatable bonds is 3. The molecule has 1 N–H and O–H groups in total. The van der Waals surface area contributed by atoms with Crippen LogP contribution in [0.5, 0.6) is 0 Å². The second-order valence-electron chi connectivity index (χ2n) is 4.83. The van der Waals surface area contributed by atoms with E-state index in [-0.39, 0.29) is 17.5 Å². The molecule has 0 radical (unpaired) electrons. The first kappa shape index (κ1) is 13.5. The summed E-state index contributed by atoms with van der Waals surface area (Å²) in [5.74, 6) is -0.336. The van der Waals surface area contributed by atoms with Gasteiger partial charge in [0.2, 0.25) is 5.91 Å². The van der Waals surface area contributed by atoms with E-state index >= 15 is 0 Å². The molecular weight excluding hydrogens is 244 g/mol. The van der Waals surface area contributed by atoms with Crippen molar-refractivity contribution in [3.05, 3.63) is 24.3 Å². The predicted octanol–water partition coefficient (Wildman–Crippen LogP) is 0.607. The minimum absolute atomic E-state index is 0.0992. The van der Waals surface area contributed by atoms with Gasteiger partial charge in [-0.3, -0.25) is 14.6 Å². The van der Waals surface area contributed by atoms with Crippen LogP contribution in [-0.2, 0) is 4.79 Å².